The van der Waals surface area contributed by atoms with E-state index in [4.69, 9.17) is 0 Å². The van der Waals surface area contributed by atoms with Crippen LogP contribution in [0.5, 0.6) is 0 Å². The minimum atomic E-state index is -3.41. The number of aryl methyl sites for hydroxylation is 2. The van der Waals surface area contributed by atoms with Gasteiger partial charge in [-0.05, 0) is 74.8 Å². The molecule has 1 aliphatic heterocycles. The Morgan fingerprint density at radius 1 is 1.07 bits per heavy atom. The molecule has 0 radical (unpaired) electrons. The van der Waals surface area contributed by atoms with Crippen LogP contribution in [0.2, 0.25) is 0 Å². The largest absolute Gasteiger partial charge is 0.337 e. The van der Waals surface area contributed by atoms with Gasteiger partial charge >= 0.3 is 0 Å². The highest BCUT2D eigenvalue weighted by atomic mass is 32.2. The maximum atomic E-state index is 13.0. The topological polar surface area (TPSA) is 57.7 Å². The maximum Gasteiger partial charge on any atom is 0.224 e. The average molecular weight is 405 g/mol. The number of carbonyl (C=O) groups excluding carboxylic acids is 1. The van der Waals surface area contributed by atoms with Gasteiger partial charge in [-0.2, -0.15) is 0 Å². The number of likely N-dealkylation sites (tertiary alicyclic amines) is 1. The van der Waals surface area contributed by atoms with E-state index in [1.807, 2.05) is 17.0 Å². The third-order valence-electron chi connectivity index (χ3n) is 6.64. The Kier molecular flexibility index (Phi) is 5.79. The molecule has 2 fully saturated rings. The number of carbonyl (C=O) groups is 1. The van der Waals surface area contributed by atoms with Crippen LogP contribution in [0.25, 0.3) is 0 Å². The quantitative estimate of drug-likeness (QED) is 0.701. The Morgan fingerprint density at radius 3 is 2.43 bits per heavy atom. The van der Waals surface area contributed by atoms with Crippen LogP contribution in [0.1, 0.15) is 56.6 Å². The Bertz CT molecular complexity index is 824. The Labute approximate surface area is 169 Å². The van der Waals surface area contributed by atoms with Crippen LogP contribution < -0.4 is 0 Å². The average Bonchev–Trinajstić information content (AvgIpc) is 3.42. The summed E-state index contributed by atoms with van der Waals surface area (Å²) in [4.78, 5) is 17.8. The normalized spacial score (nSPS) is 20.9. The molecular weight excluding hydrogens is 372 g/mol. The molecule has 0 atom stereocenters. The van der Waals surface area contributed by atoms with Gasteiger partial charge in [0, 0.05) is 31.6 Å². The van der Waals surface area contributed by atoms with E-state index in [-0.39, 0.29) is 24.1 Å². The van der Waals surface area contributed by atoms with Crippen molar-refractivity contribution in [1.29, 1.82) is 0 Å². The van der Waals surface area contributed by atoms with Crippen molar-refractivity contribution in [2.75, 3.05) is 25.4 Å². The number of piperidine rings is 1. The summed E-state index contributed by atoms with van der Waals surface area (Å²) in [6.45, 7) is 5.30. The summed E-state index contributed by atoms with van der Waals surface area (Å²) in [5.74, 6) is -0.0519. The first-order valence-electron chi connectivity index (χ1n) is 10.9. The van der Waals surface area contributed by atoms with Crippen molar-refractivity contribution < 1.29 is 13.2 Å². The minimum absolute atomic E-state index is 0.0298. The number of benzene rings is 1. The summed E-state index contributed by atoms with van der Waals surface area (Å²) in [6.07, 6.45) is 7.36. The molecule has 0 aromatic heterocycles. The monoisotopic (exact) mass is 404 g/mol. The summed E-state index contributed by atoms with van der Waals surface area (Å²) in [6, 6.07) is 6.14. The van der Waals surface area contributed by atoms with E-state index in [0.717, 1.165) is 70.1 Å². The molecule has 5 nitrogen and oxygen atoms in total. The van der Waals surface area contributed by atoms with Gasteiger partial charge in [-0.25, -0.2) is 8.42 Å². The number of nitrogens with zero attached hydrogens (tertiary/aromatic N) is 2. The van der Waals surface area contributed by atoms with E-state index in [2.05, 4.69) is 11.8 Å². The lowest BCUT2D eigenvalue weighted by molar-refractivity contribution is -0.134. The molecule has 0 unspecified atom stereocenters. The van der Waals surface area contributed by atoms with Gasteiger partial charge in [0.2, 0.25) is 5.91 Å². The second-order valence-corrected chi connectivity index (χ2v) is 10.7. The van der Waals surface area contributed by atoms with Crippen LogP contribution in [-0.2, 0) is 27.5 Å². The van der Waals surface area contributed by atoms with E-state index < -0.39 is 9.84 Å². The maximum absolute atomic E-state index is 13.0. The van der Waals surface area contributed by atoms with Crippen LogP contribution in [0, 0.1) is 0 Å². The molecule has 0 bridgehead atoms. The van der Waals surface area contributed by atoms with Crippen molar-refractivity contribution in [3.05, 3.63) is 29.3 Å². The van der Waals surface area contributed by atoms with E-state index in [1.54, 1.807) is 6.07 Å². The fourth-order valence-corrected chi connectivity index (χ4v) is 6.06. The summed E-state index contributed by atoms with van der Waals surface area (Å²) in [7, 11) is -3.41. The number of fused-ring (bicyclic) bond motifs is 1. The summed E-state index contributed by atoms with van der Waals surface area (Å²) >= 11 is 0. The number of hydrogen-bond acceptors (Lipinski definition) is 4. The van der Waals surface area contributed by atoms with Crippen LogP contribution in [-0.4, -0.2) is 61.6 Å². The Balaban J connectivity index is 1.39. The molecule has 2 aliphatic carbocycles. The van der Waals surface area contributed by atoms with Gasteiger partial charge in [0.05, 0.1) is 10.6 Å². The van der Waals surface area contributed by atoms with Crippen LogP contribution in [0.15, 0.2) is 23.1 Å². The summed E-state index contributed by atoms with van der Waals surface area (Å²) < 4.78 is 25.7. The molecule has 1 saturated carbocycles. The zero-order valence-electron chi connectivity index (χ0n) is 16.9. The zero-order valence-corrected chi connectivity index (χ0v) is 17.7. The minimum Gasteiger partial charge on any atom is -0.337 e. The zero-order chi connectivity index (χ0) is 19.7. The standard InChI is InChI=1S/C22H32N2O3S/c1-2-23-13-10-20(11-14-23)24(19-7-8-19)22(25)12-15-28(26,27)21-9-6-17-4-3-5-18(17)16-21/h6,9,16,19-20H,2-5,7-8,10-15H2,1H3. The van der Waals surface area contributed by atoms with E-state index >= 15 is 0 Å². The van der Waals surface area contributed by atoms with Crippen molar-refractivity contribution in [1.82, 2.24) is 9.80 Å². The molecule has 0 N–H and O–H groups in total. The molecule has 0 spiro atoms. The molecular formula is C22H32N2O3S. The number of hydrogen-bond donors (Lipinski definition) is 0. The molecule has 1 aromatic carbocycles. The first-order chi connectivity index (χ1) is 13.5. The van der Waals surface area contributed by atoms with Crippen molar-refractivity contribution >= 4 is 15.7 Å². The first-order valence-corrected chi connectivity index (χ1v) is 12.5. The first kappa shape index (κ1) is 19.9. The highest BCUT2D eigenvalue weighted by Gasteiger charge is 2.38. The molecule has 28 heavy (non-hydrogen) atoms. The van der Waals surface area contributed by atoms with Crippen LogP contribution in [0.3, 0.4) is 0 Å². The second kappa shape index (κ2) is 8.15. The fraction of sp³-hybridized carbons (Fsp3) is 0.682. The van der Waals surface area contributed by atoms with Gasteiger partial charge < -0.3 is 9.80 Å². The van der Waals surface area contributed by atoms with Gasteiger partial charge in [0.25, 0.3) is 0 Å². The third-order valence-corrected chi connectivity index (χ3v) is 8.35. The molecule has 6 heteroatoms. The molecule has 154 valence electrons. The lowest BCUT2D eigenvalue weighted by Crippen LogP contribution is -2.48. The fourth-order valence-electron chi connectivity index (χ4n) is 4.78. The van der Waals surface area contributed by atoms with Crippen molar-refractivity contribution in [3.8, 4) is 0 Å². The molecule has 1 aromatic rings. The van der Waals surface area contributed by atoms with Crippen molar-refractivity contribution in [3.63, 3.8) is 0 Å². The second-order valence-electron chi connectivity index (χ2n) is 8.55. The highest BCUT2D eigenvalue weighted by molar-refractivity contribution is 7.91. The van der Waals surface area contributed by atoms with Crippen LogP contribution in [0.4, 0.5) is 0 Å². The van der Waals surface area contributed by atoms with Gasteiger partial charge in [0.1, 0.15) is 0 Å². The lowest BCUT2D eigenvalue weighted by atomic mass is 10.0. The predicted molar refractivity (Wildman–Crippen MR) is 110 cm³/mol. The summed E-state index contributed by atoms with van der Waals surface area (Å²) in [5, 5.41) is 0. The predicted octanol–water partition coefficient (Wildman–Crippen LogP) is 2.81. The van der Waals surface area contributed by atoms with E-state index in [1.165, 1.54) is 5.56 Å². The van der Waals surface area contributed by atoms with Gasteiger partial charge in [0.15, 0.2) is 9.84 Å². The number of sulfone groups is 1. The van der Waals surface area contributed by atoms with Gasteiger partial charge in [-0.1, -0.05) is 13.0 Å². The molecule has 3 aliphatic rings. The number of rotatable bonds is 7. The van der Waals surface area contributed by atoms with Crippen LogP contribution >= 0.6 is 0 Å². The molecule has 1 saturated heterocycles. The molecule has 4 rings (SSSR count). The van der Waals surface area contributed by atoms with Gasteiger partial charge in [-0.15, -0.1) is 0 Å². The summed E-state index contributed by atoms with van der Waals surface area (Å²) in [5.41, 5.74) is 2.43. The highest BCUT2D eigenvalue weighted by Crippen LogP contribution is 2.33. The lowest BCUT2D eigenvalue weighted by Gasteiger charge is -2.38. The van der Waals surface area contributed by atoms with Crippen molar-refractivity contribution in [2.24, 2.45) is 0 Å². The third kappa shape index (κ3) is 4.28. The van der Waals surface area contributed by atoms with Gasteiger partial charge in [-0.3, -0.25) is 4.79 Å². The van der Waals surface area contributed by atoms with Crippen molar-refractivity contribution in [2.45, 2.75) is 75.3 Å². The number of amides is 1. The Morgan fingerprint density at radius 2 is 1.75 bits per heavy atom. The molecule has 1 heterocycles. The SMILES string of the molecule is CCN1CCC(N(C(=O)CCS(=O)(=O)c2ccc3c(c2)CCC3)C2CC2)CC1. The molecule has 1 amide bonds. The van der Waals surface area contributed by atoms with E-state index in [9.17, 15) is 13.2 Å². The smallest absolute Gasteiger partial charge is 0.224 e. The van der Waals surface area contributed by atoms with E-state index in [0.29, 0.717) is 10.9 Å². The Hall–Kier alpha value is -1.40.